The van der Waals surface area contributed by atoms with Gasteiger partial charge in [-0.25, -0.2) is 0 Å². The molecule has 0 rings (SSSR count). The van der Waals surface area contributed by atoms with Gasteiger partial charge in [0.1, 0.15) is 0 Å². The lowest BCUT2D eigenvalue weighted by atomic mass is 10.2. The summed E-state index contributed by atoms with van der Waals surface area (Å²) < 4.78 is 0. The van der Waals surface area contributed by atoms with Gasteiger partial charge in [-0.3, -0.25) is 0 Å². The van der Waals surface area contributed by atoms with Crippen molar-refractivity contribution in [3.05, 3.63) is 24.3 Å². The molecule has 1 atom stereocenters. The van der Waals surface area contributed by atoms with Gasteiger partial charge in [0.25, 0.3) is 0 Å². The number of aliphatic hydroxyl groups excluding tert-OH is 1. The highest BCUT2D eigenvalue weighted by atomic mass is 16.3. The molecule has 1 N–H and O–H groups in total. The van der Waals surface area contributed by atoms with Gasteiger partial charge < -0.3 is 5.11 Å². The molecule has 0 saturated carbocycles. The molecule has 0 bridgehead atoms. The summed E-state index contributed by atoms with van der Waals surface area (Å²) in [6.07, 6.45) is 12.0. The van der Waals surface area contributed by atoms with Crippen LogP contribution in [0.3, 0.4) is 0 Å². The zero-order chi connectivity index (χ0) is 9.23. The van der Waals surface area contributed by atoms with E-state index in [2.05, 4.69) is 13.0 Å². The van der Waals surface area contributed by atoms with Crippen LogP contribution >= 0.6 is 0 Å². The third kappa shape index (κ3) is 7.55. The second kappa shape index (κ2) is 8.54. The Labute approximate surface area is 75.8 Å². The number of hydrogen-bond acceptors (Lipinski definition) is 1. The van der Waals surface area contributed by atoms with Gasteiger partial charge in [-0.2, -0.15) is 0 Å². The normalized spacial score (nSPS) is 14.6. The van der Waals surface area contributed by atoms with E-state index in [9.17, 15) is 0 Å². The molecule has 0 spiro atoms. The van der Waals surface area contributed by atoms with Crippen LogP contribution in [0.25, 0.3) is 0 Å². The zero-order valence-electron chi connectivity index (χ0n) is 8.16. The van der Waals surface area contributed by atoms with Crippen molar-refractivity contribution in [2.75, 3.05) is 0 Å². The van der Waals surface area contributed by atoms with Crippen molar-refractivity contribution in [3.63, 3.8) is 0 Å². The molecule has 1 unspecified atom stereocenters. The minimum Gasteiger partial charge on any atom is -0.389 e. The van der Waals surface area contributed by atoms with Crippen molar-refractivity contribution in [1.29, 1.82) is 0 Å². The topological polar surface area (TPSA) is 20.2 Å². The third-order valence-corrected chi connectivity index (χ3v) is 1.72. The minimum absolute atomic E-state index is 0.277. The fourth-order valence-electron chi connectivity index (χ4n) is 0.825. The molecule has 0 aliphatic carbocycles. The van der Waals surface area contributed by atoms with Gasteiger partial charge in [-0.1, -0.05) is 51.0 Å². The minimum atomic E-state index is -0.277. The lowest BCUT2D eigenvalue weighted by Gasteiger charge is -1.96. The Hall–Kier alpha value is -0.560. The molecule has 0 fully saturated rings. The Kier molecular flexibility index (Phi) is 8.14. The Balaban J connectivity index is 3.38. The maximum atomic E-state index is 9.14. The summed E-state index contributed by atoms with van der Waals surface area (Å²) in [5.41, 5.74) is 0. The summed E-state index contributed by atoms with van der Waals surface area (Å²) in [5, 5.41) is 9.14. The van der Waals surface area contributed by atoms with E-state index < -0.39 is 0 Å². The molecule has 0 aliphatic heterocycles. The molecule has 0 radical (unpaired) electrons. The van der Waals surface area contributed by atoms with Gasteiger partial charge >= 0.3 is 0 Å². The van der Waals surface area contributed by atoms with Gasteiger partial charge in [0.15, 0.2) is 0 Å². The molecule has 0 aliphatic rings. The van der Waals surface area contributed by atoms with Crippen LogP contribution in [0.2, 0.25) is 0 Å². The molecule has 0 amide bonds. The summed E-state index contributed by atoms with van der Waals surface area (Å²) in [6, 6.07) is 0. The summed E-state index contributed by atoms with van der Waals surface area (Å²) in [4.78, 5) is 0. The molecule has 0 saturated heterocycles. The molecule has 70 valence electrons. The predicted molar refractivity (Wildman–Crippen MR) is 54.1 cm³/mol. The third-order valence-electron chi connectivity index (χ3n) is 1.72. The van der Waals surface area contributed by atoms with Crippen molar-refractivity contribution >= 4 is 0 Å². The largest absolute Gasteiger partial charge is 0.389 e. The number of rotatable bonds is 6. The molecular formula is C11H20O. The predicted octanol–water partition coefficient (Wildman–Crippen LogP) is 3.06. The van der Waals surface area contributed by atoms with Gasteiger partial charge in [0, 0.05) is 0 Å². The van der Waals surface area contributed by atoms with Gasteiger partial charge in [0.2, 0.25) is 0 Å². The van der Waals surface area contributed by atoms with E-state index in [1.165, 1.54) is 12.8 Å². The number of unbranched alkanes of at least 4 members (excludes halogenated alkanes) is 2. The van der Waals surface area contributed by atoms with E-state index in [0.717, 1.165) is 12.8 Å². The van der Waals surface area contributed by atoms with Crippen molar-refractivity contribution in [2.45, 2.75) is 45.6 Å². The van der Waals surface area contributed by atoms with E-state index in [1.807, 2.05) is 25.2 Å². The summed E-state index contributed by atoms with van der Waals surface area (Å²) in [5.74, 6) is 0. The highest BCUT2D eigenvalue weighted by molar-refractivity contribution is 5.04. The molecule has 0 aromatic rings. The Morgan fingerprint density at radius 1 is 1.25 bits per heavy atom. The molecule has 12 heavy (non-hydrogen) atoms. The van der Waals surface area contributed by atoms with Crippen LogP contribution in [0.5, 0.6) is 0 Å². The first-order chi connectivity index (χ1) is 5.81. The second-order valence-corrected chi connectivity index (χ2v) is 2.93. The Morgan fingerprint density at radius 2 is 2.00 bits per heavy atom. The highest BCUT2D eigenvalue weighted by Crippen LogP contribution is 1.96. The van der Waals surface area contributed by atoms with E-state index in [0.29, 0.717) is 0 Å². The summed E-state index contributed by atoms with van der Waals surface area (Å²) in [6.45, 7) is 4.15. The van der Waals surface area contributed by atoms with Crippen LogP contribution in [0.15, 0.2) is 24.3 Å². The lowest BCUT2D eigenvalue weighted by molar-refractivity contribution is 0.219. The van der Waals surface area contributed by atoms with Crippen molar-refractivity contribution in [1.82, 2.24) is 0 Å². The van der Waals surface area contributed by atoms with E-state index in [1.54, 1.807) is 0 Å². The fraction of sp³-hybridized carbons (Fsp3) is 0.636. The lowest BCUT2D eigenvalue weighted by Crippen LogP contribution is -1.97. The Morgan fingerprint density at radius 3 is 2.58 bits per heavy atom. The van der Waals surface area contributed by atoms with Crippen LogP contribution in [0.4, 0.5) is 0 Å². The maximum Gasteiger partial charge on any atom is 0.0721 e. The van der Waals surface area contributed by atoms with Gasteiger partial charge in [0.05, 0.1) is 6.10 Å². The van der Waals surface area contributed by atoms with Crippen LogP contribution in [-0.4, -0.2) is 11.2 Å². The second-order valence-electron chi connectivity index (χ2n) is 2.93. The molecular weight excluding hydrogens is 148 g/mol. The average molecular weight is 168 g/mol. The molecule has 0 heterocycles. The van der Waals surface area contributed by atoms with Crippen molar-refractivity contribution < 1.29 is 5.11 Å². The quantitative estimate of drug-likeness (QED) is 0.477. The average Bonchev–Trinajstić information content (AvgIpc) is 2.10. The maximum absolute atomic E-state index is 9.14. The number of allylic oxidation sites excluding steroid dienone is 3. The van der Waals surface area contributed by atoms with Crippen molar-refractivity contribution in [2.24, 2.45) is 0 Å². The van der Waals surface area contributed by atoms with Gasteiger partial charge in [-0.15, -0.1) is 0 Å². The SMILES string of the molecule is CCCCC=CC=CC(O)CC. The first-order valence-corrected chi connectivity index (χ1v) is 4.82. The van der Waals surface area contributed by atoms with Crippen LogP contribution in [0, 0.1) is 0 Å². The van der Waals surface area contributed by atoms with Crippen molar-refractivity contribution in [3.8, 4) is 0 Å². The first kappa shape index (κ1) is 11.4. The monoisotopic (exact) mass is 168 g/mol. The first-order valence-electron chi connectivity index (χ1n) is 4.82. The molecule has 1 nitrogen and oxygen atoms in total. The van der Waals surface area contributed by atoms with Crippen LogP contribution in [0.1, 0.15) is 39.5 Å². The van der Waals surface area contributed by atoms with Crippen LogP contribution in [-0.2, 0) is 0 Å². The highest BCUT2D eigenvalue weighted by Gasteiger charge is 1.88. The summed E-state index contributed by atoms with van der Waals surface area (Å²) >= 11 is 0. The van der Waals surface area contributed by atoms with E-state index in [-0.39, 0.29) is 6.10 Å². The standard InChI is InChI=1S/C11H20O/c1-3-5-6-7-8-9-10-11(12)4-2/h7-12H,3-6H2,1-2H3. The smallest absolute Gasteiger partial charge is 0.0721 e. The van der Waals surface area contributed by atoms with E-state index >= 15 is 0 Å². The van der Waals surface area contributed by atoms with Crippen LogP contribution < -0.4 is 0 Å². The number of hydrogen-bond donors (Lipinski definition) is 1. The zero-order valence-corrected chi connectivity index (χ0v) is 8.16. The molecule has 0 aromatic carbocycles. The Bertz CT molecular complexity index is 136. The molecule has 1 heteroatoms. The van der Waals surface area contributed by atoms with E-state index in [4.69, 9.17) is 5.11 Å². The summed E-state index contributed by atoms with van der Waals surface area (Å²) in [7, 11) is 0. The van der Waals surface area contributed by atoms with Gasteiger partial charge in [-0.05, 0) is 12.8 Å². The molecule has 0 aromatic heterocycles. The fourth-order valence-corrected chi connectivity index (χ4v) is 0.825. The number of aliphatic hydroxyl groups is 1.